The standard InChI is InChI=1S/C8H5ClN4/c1-4-6-7(9)5(2-10)3-11-8(6)13-12-4/h3H,1H3,(H,11,12,13). The summed E-state index contributed by atoms with van der Waals surface area (Å²) in [4.78, 5) is 3.98. The summed E-state index contributed by atoms with van der Waals surface area (Å²) >= 11 is 5.97. The molecule has 1 N–H and O–H groups in total. The summed E-state index contributed by atoms with van der Waals surface area (Å²) in [7, 11) is 0. The van der Waals surface area contributed by atoms with Gasteiger partial charge in [0.1, 0.15) is 6.07 Å². The van der Waals surface area contributed by atoms with E-state index < -0.39 is 0 Å². The van der Waals surface area contributed by atoms with Crippen LogP contribution in [-0.2, 0) is 0 Å². The van der Waals surface area contributed by atoms with E-state index in [4.69, 9.17) is 16.9 Å². The molecule has 2 heterocycles. The zero-order chi connectivity index (χ0) is 9.42. The van der Waals surface area contributed by atoms with E-state index in [1.54, 1.807) is 0 Å². The number of nitrogens with zero attached hydrogens (tertiary/aromatic N) is 3. The minimum atomic E-state index is 0.374. The molecular formula is C8H5ClN4. The van der Waals surface area contributed by atoms with Gasteiger partial charge in [-0.1, -0.05) is 11.6 Å². The summed E-state index contributed by atoms with van der Waals surface area (Å²) in [5, 5.41) is 16.5. The second-order valence-electron chi connectivity index (χ2n) is 2.64. The second kappa shape index (κ2) is 2.71. The number of aromatic amines is 1. The van der Waals surface area contributed by atoms with Crippen LogP contribution in [0.5, 0.6) is 0 Å². The number of halogens is 1. The average molecular weight is 193 g/mol. The molecule has 64 valence electrons. The number of nitriles is 1. The molecule has 2 aromatic heterocycles. The number of H-pyrrole nitrogens is 1. The molecular weight excluding hydrogens is 188 g/mol. The first-order valence-corrected chi connectivity index (χ1v) is 4.01. The molecule has 0 amide bonds. The van der Waals surface area contributed by atoms with Crippen molar-refractivity contribution in [3.05, 3.63) is 22.5 Å². The number of aromatic nitrogens is 3. The number of rotatable bonds is 0. The van der Waals surface area contributed by atoms with Crippen molar-refractivity contribution < 1.29 is 0 Å². The minimum Gasteiger partial charge on any atom is -0.280 e. The molecule has 5 heteroatoms. The lowest BCUT2D eigenvalue weighted by atomic mass is 10.2. The molecule has 0 aliphatic carbocycles. The van der Waals surface area contributed by atoms with Crippen LogP contribution in [0.1, 0.15) is 11.3 Å². The highest BCUT2D eigenvalue weighted by molar-refractivity contribution is 6.36. The Morgan fingerprint density at radius 3 is 3.08 bits per heavy atom. The van der Waals surface area contributed by atoms with Crippen LogP contribution in [0.4, 0.5) is 0 Å². The maximum absolute atomic E-state index is 8.70. The lowest BCUT2D eigenvalue weighted by Crippen LogP contribution is -1.83. The van der Waals surface area contributed by atoms with Gasteiger partial charge in [-0.05, 0) is 6.92 Å². The van der Waals surface area contributed by atoms with E-state index in [-0.39, 0.29) is 0 Å². The van der Waals surface area contributed by atoms with E-state index in [1.165, 1.54) is 6.20 Å². The van der Waals surface area contributed by atoms with Crippen LogP contribution < -0.4 is 0 Å². The molecule has 0 aromatic carbocycles. The van der Waals surface area contributed by atoms with Gasteiger partial charge in [0.2, 0.25) is 0 Å². The smallest absolute Gasteiger partial charge is 0.182 e. The average Bonchev–Trinajstić information content (AvgIpc) is 2.49. The summed E-state index contributed by atoms with van der Waals surface area (Å²) in [5.41, 5.74) is 1.74. The number of fused-ring (bicyclic) bond motifs is 1. The Kier molecular flexibility index (Phi) is 1.67. The molecule has 13 heavy (non-hydrogen) atoms. The van der Waals surface area contributed by atoms with Crippen molar-refractivity contribution in [2.45, 2.75) is 6.92 Å². The molecule has 0 radical (unpaired) electrons. The summed E-state index contributed by atoms with van der Waals surface area (Å²) in [5.74, 6) is 0. The predicted octanol–water partition coefficient (Wildman–Crippen LogP) is 1.79. The monoisotopic (exact) mass is 192 g/mol. The van der Waals surface area contributed by atoms with Crippen molar-refractivity contribution in [3.63, 3.8) is 0 Å². The largest absolute Gasteiger partial charge is 0.280 e. The summed E-state index contributed by atoms with van der Waals surface area (Å²) < 4.78 is 0. The Labute approximate surface area is 79.2 Å². The van der Waals surface area contributed by atoms with Crippen LogP contribution in [0.25, 0.3) is 11.0 Å². The summed E-state index contributed by atoms with van der Waals surface area (Å²) in [6.07, 6.45) is 1.42. The molecule has 0 saturated heterocycles. The van der Waals surface area contributed by atoms with Gasteiger partial charge in [-0.3, -0.25) is 5.10 Å². The van der Waals surface area contributed by atoms with E-state index in [0.29, 0.717) is 16.2 Å². The van der Waals surface area contributed by atoms with Crippen molar-refractivity contribution in [1.82, 2.24) is 15.2 Å². The van der Waals surface area contributed by atoms with E-state index >= 15 is 0 Å². The highest BCUT2D eigenvalue weighted by Gasteiger charge is 2.10. The van der Waals surface area contributed by atoms with Crippen LogP contribution >= 0.6 is 11.6 Å². The molecule has 0 fully saturated rings. The molecule has 2 rings (SSSR count). The Morgan fingerprint density at radius 1 is 1.62 bits per heavy atom. The van der Waals surface area contributed by atoms with E-state index in [0.717, 1.165) is 11.1 Å². The molecule has 4 nitrogen and oxygen atoms in total. The first-order chi connectivity index (χ1) is 6.24. The third kappa shape index (κ3) is 1.05. The van der Waals surface area contributed by atoms with Crippen LogP contribution in [0.2, 0.25) is 5.02 Å². The molecule has 2 aromatic rings. The lowest BCUT2D eigenvalue weighted by Gasteiger charge is -1.95. The zero-order valence-electron chi connectivity index (χ0n) is 6.80. The Bertz CT molecular complexity index is 509. The van der Waals surface area contributed by atoms with Crippen molar-refractivity contribution in [3.8, 4) is 6.07 Å². The van der Waals surface area contributed by atoms with Crippen LogP contribution in [-0.4, -0.2) is 15.2 Å². The number of aryl methyl sites for hydroxylation is 1. The van der Waals surface area contributed by atoms with E-state index in [2.05, 4.69) is 15.2 Å². The van der Waals surface area contributed by atoms with E-state index in [9.17, 15) is 0 Å². The van der Waals surface area contributed by atoms with Crippen molar-refractivity contribution >= 4 is 22.6 Å². The van der Waals surface area contributed by atoms with Crippen molar-refractivity contribution in [1.29, 1.82) is 5.26 Å². The number of nitrogens with one attached hydrogen (secondary N) is 1. The van der Waals surface area contributed by atoms with Crippen molar-refractivity contribution in [2.24, 2.45) is 0 Å². The van der Waals surface area contributed by atoms with Crippen LogP contribution in [0.15, 0.2) is 6.20 Å². The summed E-state index contributed by atoms with van der Waals surface area (Å²) in [6, 6.07) is 1.97. The quantitative estimate of drug-likeness (QED) is 0.692. The van der Waals surface area contributed by atoms with Gasteiger partial charge in [-0.25, -0.2) is 4.98 Å². The normalized spacial score (nSPS) is 10.2. The molecule has 0 saturated carbocycles. The van der Waals surface area contributed by atoms with Gasteiger partial charge >= 0.3 is 0 Å². The molecule has 0 aliphatic heterocycles. The number of hydrogen-bond acceptors (Lipinski definition) is 3. The van der Waals surface area contributed by atoms with Gasteiger partial charge in [-0.2, -0.15) is 10.4 Å². The molecule has 0 bridgehead atoms. The van der Waals surface area contributed by atoms with Crippen LogP contribution in [0, 0.1) is 18.3 Å². The fourth-order valence-corrected chi connectivity index (χ4v) is 1.48. The van der Waals surface area contributed by atoms with Gasteiger partial charge in [0.05, 0.1) is 16.0 Å². The summed E-state index contributed by atoms with van der Waals surface area (Å²) in [6.45, 7) is 1.84. The fourth-order valence-electron chi connectivity index (χ4n) is 1.17. The SMILES string of the molecule is Cc1[nH]nc2ncc(C#N)c(Cl)c12. The first kappa shape index (κ1) is 8.02. The Hall–Kier alpha value is -1.60. The highest BCUT2D eigenvalue weighted by Crippen LogP contribution is 2.25. The zero-order valence-corrected chi connectivity index (χ0v) is 7.55. The lowest BCUT2D eigenvalue weighted by molar-refractivity contribution is 1.05. The molecule has 0 spiro atoms. The Morgan fingerprint density at radius 2 is 2.38 bits per heavy atom. The van der Waals surface area contributed by atoms with Gasteiger partial charge in [0, 0.05) is 11.9 Å². The maximum Gasteiger partial charge on any atom is 0.182 e. The minimum absolute atomic E-state index is 0.374. The fraction of sp³-hybridized carbons (Fsp3) is 0.125. The highest BCUT2D eigenvalue weighted by atomic mass is 35.5. The molecule has 0 atom stereocenters. The van der Waals surface area contributed by atoms with Gasteiger partial charge in [0.15, 0.2) is 5.65 Å². The molecule has 0 aliphatic rings. The number of hydrogen-bond donors (Lipinski definition) is 1. The maximum atomic E-state index is 8.70. The topological polar surface area (TPSA) is 65.4 Å². The van der Waals surface area contributed by atoms with Crippen LogP contribution in [0.3, 0.4) is 0 Å². The Balaban J connectivity index is 2.93. The predicted molar refractivity (Wildman–Crippen MR) is 48.4 cm³/mol. The van der Waals surface area contributed by atoms with Crippen molar-refractivity contribution in [2.75, 3.05) is 0 Å². The van der Waals surface area contributed by atoms with Gasteiger partial charge in [-0.15, -0.1) is 0 Å². The van der Waals surface area contributed by atoms with Gasteiger partial charge in [0.25, 0.3) is 0 Å². The first-order valence-electron chi connectivity index (χ1n) is 3.63. The second-order valence-corrected chi connectivity index (χ2v) is 3.02. The van der Waals surface area contributed by atoms with E-state index in [1.807, 2.05) is 13.0 Å². The third-order valence-corrected chi connectivity index (χ3v) is 2.21. The van der Waals surface area contributed by atoms with Gasteiger partial charge < -0.3 is 0 Å². The third-order valence-electron chi connectivity index (χ3n) is 1.82. The number of pyridine rings is 1. The molecule has 0 unspecified atom stereocenters.